The first kappa shape index (κ1) is 20.6. The number of nitriles is 1. The third kappa shape index (κ3) is 4.33. The standard InChI is InChI=1S/C19H25ClN4OS/c1-6-9-24-16-8-7-14(20)10-15(16)22-18(24)26-13(4)17(25)23-19(5,11-21)12(2)3/h7-8,10,12-13H,6,9H2,1-5H3,(H,23,25). The number of halogens is 1. The van der Waals surface area contributed by atoms with Crippen LogP contribution in [0.15, 0.2) is 23.4 Å². The third-order valence-corrected chi connectivity index (χ3v) is 5.87. The minimum Gasteiger partial charge on any atom is -0.337 e. The summed E-state index contributed by atoms with van der Waals surface area (Å²) >= 11 is 7.48. The van der Waals surface area contributed by atoms with Crippen molar-refractivity contribution in [3.63, 3.8) is 0 Å². The Morgan fingerprint density at radius 3 is 2.73 bits per heavy atom. The van der Waals surface area contributed by atoms with E-state index in [4.69, 9.17) is 11.6 Å². The van der Waals surface area contributed by atoms with Crippen LogP contribution in [-0.2, 0) is 11.3 Å². The Hall–Kier alpha value is -1.71. The Morgan fingerprint density at radius 1 is 1.46 bits per heavy atom. The Balaban J connectivity index is 2.25. The third-order valence-electron chi connectivity index (χ3n) is 4.54. The highest BCUT2D eigenvalue weighted by Crippen LogP contribution is 2.29. The molecule has 0 radical (unpaired) electrons. The van der Waals surface area contributed by atoms with Gasteiger partial charge in [-0.2, -0.15) is 5.26 Å². The quantitative estimate of drug-likeness (QED) is 0.697. The molecule has 0 saturated carbocycles. The van der Waals surface area contributed by atoms with Crippen molar-refractivity contribution < 1.29 is 4.79 Å². The molecule has 0 aliphatic rings. The molecule has 0 spiro atoms. The number of amides is 1. The Morgan fingerprint density at radius 2 is 2.15 bits per heavy atom. The molecule has 1 amide bonds. The number of nitrogens with zero attached hydrogens (tertiary/aromatic N) is 3. The zero-order valence-electron chi connectivity index (χ0n) is 15.8. The molecule has 0 aliphatic carbocycles. The van der Waals surface area contributed by atoms with Gasteiger partial charge in [0.1, 0.15) is 5.54 Å². The summed E-state index contributed by atoms with van der Waals surface area (Å²) in [7, 11) is 0. The van der Waals surface area contributed by atoms with E-state index in [1.54, 1.807) is 6.92 Å². The van der Waals surface area contributed by atoms with Gasteiger partial charge < -0.3 is 9.88 Å². The van der Waals surface area contributed by atoms with E-state index in [1.807, 2.05) is 39.0 Å². The van der Waals surface area contributed by atoms with Gasteiger partial charge in [-0.05, 0) is 44.4 Å². The van der Waals surface area contributed by atoms with Gasteiger partial charge in [0.2, 0.25) is 5.91 Å². The zero-order valence-corrected chi connectivity index (χ0v) is 17.4. The first-order valence-corrected chi connectivity index (χ1v) is 10.0. The summed E-state index contributed by atoms with van der Waals surface area (Å²) in [5, 5.41) is 13.3. The van der Waals surface area contributed by atoms with Gasteiger partial charge in [0.25, 0.3) is 0 Å². The topological polar surface area (TPSA) is 70.7 Å². The second-order valence-electron chi connectivity index (χ2n) is 6.90. The Labute approximate surface area is 164 Å². The van der Waals surface area contributed by atoms with Crippen LogP contribution in [0, 0.1) is 17.2 Å². The van der Waals surface area contributed by atoms with Crippen LogP contribution in [-0.4, -0.2) is 26.2 Å². The summed E-state index contributed by atoms with van der Waals surface area (Å²) in [5.74, 6) is -0.152. The van der Waals surface area contributed by atoms with Gasteiger partial charge >= 0.3 is 0 Å². The predicted molar refractivity (Wildman–Crippen MR) is 107 cm³/mol. The molecule has 2 rings (SSSR count). The fourth-order valence-electron chi connectivity index (χ4n) is 2.48. The number of rotatable bonds is 7. The van der Waals surface area contributed by atoms with Crippen LogP contribution < -0.4 is 5.32 Å². The molecule has 140 valence electrons. The minimum atomic E-state index is -0.886. The van der Waals surface area contributed by atoms with Gasteiger partial charge in [0, 0.05) is 11.6 Å². The molecule has 0 bridgehead atoms. The van der Waals surface area contributed by atoms with E-state index in [0.29, 0.717) is 5.02 Å². The lowest BCUT2D eigenvalue weighted by Crippen LogP contribution is -2.51. The molecule has 7 heteroatoms. The highest BCUT2D eigenvalue weighted by molar-refractivity contribution is 8.00. The smallest absolute Gasteiger partial charge is 0.234 e. The van der Waals surface area contributed by atoms with Gasteiger partial charge in [0.05, 0.1) is 22.4 Å². The number of fused-ring (bicyclic) bond motifs is 1. The number of aromatic nitrogens is 2. The van der Waals surface area contributed by atoms with E-state index in [2.05, 4.69) is 27.9 Å². The molecule has 2 aromatic rings. The summed E-state index contributed by atoms with van der Waals surface area (Å²) < 4.78 is 2.12. The fourth-order valence-corrected chi connectivity index (χ4v) is 3.60. The van der Waals surface area contributed by atoms with Crippen LogP contribution in [0.4, 0.5) is 0 Å². The van der Waals surface area contributed by atoms with Gasteiger partial charge in [-0.1, -0.05) is 44.1 Å². The van der Waals surface area contributed by atoms with E-state index in [-0.39, 0.29) is 17.1 Å². The van der Waals surface area contributed by atoms with Gasteiger partial charge in [-0.3, -0.25) is 4.79 Å². The van der Waals surface area contributed by atoms with Crippen LogP contribution in [0.2, 0.25) is 5.02 Å². The average Bonchev–Trinajstić information content (AvgIpc) is 2.91. The van der Waals surface area contributed by atoms with Crippen molar-refractivity contribution >= 4 is 40.3 Å². The number of imidazole rings is 1. The molecule has 2 atom stereocenters. The number of benzene rings is 1. The second-order valence-corrected chi connectivity index (χ2v) is 8.64. The van der Waals surface area contributed by atoms with Crippen molar-refractivity contribution in [1.82, 2.24) is 14.9 Å². The first-order valence-electron chi connectivity index (χ1n) is 8.77. The number of carbonyl (C=O) groups excluding carboxylic acids is 1. The Bertz CT molecular complexity index is 842. The van der Waals surface area contributed by atoms with Gasteiger partial charge in [0.15, 0.2) is 5.16 Å². The average molecular weight is 393 g/mol. The van der Waals surface area contributed by atoms with Crippen LogP contribution >= 0.6 is 23.4 Å². The van der Waals surface area contributed by atoms with Crippen LogP contribution in [0.5, 0.6) is 0 Å². The monoisotopic (exact) mass is 392 g/mol. The highest BCUT2D eigenvalue weighted by Gasteiger charge is 2.32. The zero-order chi connectivity index (χ0) is 19.5. The summed E-state index contributed by atoms with van der Waals surface area (Å²) in [6.45, 7) is 10.4. The summed E-state index contributed by atoms with van der Waals surface area (Å²) in [4.78, 5) is 17.3. The molecule has 1 aromatic heterocycles. The normalized spacial score (nSPS) is 14.8. The van der Waals surface area contributed by atoms with E-state index in [1.165, 1.54) is 11.8 Å². The maximum atomic E-state index is 12.6. The Kier molecular flexibility index (Phi) is 6.59. The minimum absolute atomic E-state index is 0.0143. The predicted octanol–water partition coefficient (Wildman–Crippen LogP) is 4.63. The van der Waals surface area contributed by atoms with Crippen molar-refractivity contribution in [1.29, 1.82) is 5.26 Å². The van der Waals surface area contributed by atoms with Crippen molar-refractivity contribution in [3.8, 4) is 6.07 Å². The molecule has 1 aromatic carbocycles. The molecule has 2 unspecified atom stereocenters. The largest absolute Gasteiger partial charge is 0.337 e. The van der Waals surface area contributed by atoms with Gasteiger partial charge in [-0.25, -0.2) is 4.98 Å². The SMILES string of the molecule is CCCn1c(SC(C)C(=O)NC(C)(C#N)C(C)C)nc2cc(Cl)ccc21. The van der Waals surface area contributed by atoms with Crippen LogP contribution in [0.25, 0.3) is 11.0 Å². The summed E-state index contributed by atoms with van der Waals surface area (Å²) in [6.07, 6.45) is 0.960. The van der Waals surface area contributed by atoms with E-state index >= 15 is 0 Å². The second kappa shape index (κ2) is 8.32. The number of thioether (sulfide) groups is 1. The number of carbonyl (C=O) groups is 1. The first-order chi connectivity index (χ1) is 12.2. The number of nitrogens with one attached hydrogen (secondary N) is 1. The van der Waals surface area contributed by atoms with E-state index < -0.39 is 5.54 Å². The fraction of sp³-hybridized carbons (Fsp3) is 0.526. The van der Waals surface area contributed by atoms with Crippen molar-refractivity contribution in [2.45, 2.75) is 63.5 Å². The molecule has 1 N–H and O–H groups in total. The molecule has 5 nitrogen and oxygen atoms in total. The lowest BCUT2D eigenvalue weighted by atomic mass is 9.90. The van der Waals surface area contributed by atoms with Crippen LogP contribution in [0.1, 0.15) is 41.0 Å². The molecule has 26 heavy (non-hydrogen) atoms. The van der Waals surface area contributed by atoms with E-state index in [0.717, 1.165) is 29.2 Å². The van der Waals surface area contributed by atoms with Gasteiger partial charge in [-0.15, -0.1) is 0 Å². The summed E-state index contributed by atoms with van der Waals surface area (Å²) in [5.41, 5.74) is 0.948. The maximum Gasteiger partial charge on any atom is 0.234 e. The lowest BCUT2D eigenvalue weighted by molar-refractivity contribution is -0.121. The van der Waals surface area contributed by atoms with Crippen LogP contribution in [0.3, 0.4) is 0 Å². The lowest BCUT2D eigenvalue weighted by Gasteiger charge is -2.28. The van der Waals surface area contributed by atoms with Crippen molar-refractivity contribution in [3.05, 3.63) is 23.2 Å². The highest BCUT2D eigenvalue weighted by atomic mass is 35.5. The molecule has 1 heterocycles. The molecule has 0 saturated heterocycles. The molecule has 0 aliphatic heterocycles. The van der Waals surface area contributed by atoms with Crippen molar-refractivity contribution in [2.24, 2.45) is 5.92 Å². The number of hydrogen-bond acceptors (Lipinski definition) is 4. The molecular weight excluding hydrogens is 368 g/mol. The molecular formula is C19H25ClN4OS. The number of hydrogen-bond donors (Lipinski definition) is 1. The maximum absolute atomic E-state index is 12.6. The number of aryl methyl sites for hydroxylation is 1. The molecule has 0 fully saturated rings. The van der Waals surface area contributed by atoms with Crippen molar-refractivity contribution in [2.75, 3.05) is 0 Å². The summed E-state index contributed by atoms with van der Waals surface area (Å²) in [6, 6.07) is 7.86. The van der Waals surface area contributed by atoms with E-state index in [9.17, 15) is 10.1 Å².